The van der Waals surface area contributed by atoms with Crippen LogP contribution in [-0.4, -0.2) is 77.1 Å². The molecule has 2 heterocycles. The van der Waals surface area contributed by atoms with E-state index in [0.29, 0.717) is 36.8 Å². The van der Waals surface area contributed by atoms with Crippen LogP contribution in [-0.2, 0) is 4.74 Å². The largest absolute Gasteiger partial charge is 0.383 e. The molecular formula is C17H22FN5O2. The summed E-state index contributed by atoms with van der Waals surface area (Å²) in [6.07, 6.45) is 0. The van der Waals surface area contributed by atoms with Gasteiger partial charge in [0.05, 0.1) is 18.0 Å². The van der Waals surface area contributed by atoms with Crippen LogP contribution in [0.25, 0.3) is 5.69 Å². The first-order valence-electron chi connectivity index (χ1n) is 8.29. The summed E-state index contributed by atoms with van der Waals surface area (Å²) in [6.45, 7) is 6.32. The standard InChI is InChI=1S/C17H22FN5O2/c1-13-16(19-20-23(13)15-5-3-14(18)4-6-15)17(24)22-9-7-21(8-10-22)11-12-25-2/h3-6H,7-12H2,1-2H3. The van der Waals surface area contributed by atoms with Crippen LogP contribution in [0.3, 0.4) is 0 Å². The predicted octanol–water partition coefficient (Wildman–Crippen LogP) is 1.12. The fourth-order valence-corrected chi connectivity index (χ4v) is 2.90. The molecule has 25 heavy (non-hydrogen) atoms. The number of halogens is 1. The lowest BCUT2D eigenvalue weighted by molar-refractivity contribution is 0.0588. The minimum absolute atomic E-state index is 0.114. The van der Waals surface area contributed by atoms with E-state index in [0.717, 1.165) is 19.6 Å². The molecule has 2 aromatic rings. The Bertz CT molecular complexity index is 723. The van der Waals surface area contributed by atoms with Gasteiger partial charge in [-0.15, -0.1) is 5.10 Å². The molecule has 1 fully saturated rings. The lowest BCUT2D eigenvalue weighted by Gasteiger charge is -2.34. The molecule has 1 aliphatic rings. The van der Waals surface area contributed by atoms with Gasteiger partial charge >= 0.3 is 0 Å². The number of rotatable bonds is 5. The Labute approximate surface area is 146 Å². The third-order valence-corrected chi connectivity index (χ3v) is 4.44. The number of piperazine rings is 1. The first kappa shape index (κ1) is 17.5. The van der Waals surface area contributed by atoms with E-state index in [2.05, 4.69) is 15.2 Å². The lowest BCUT2D eigenvalue weighted by atomic mass is 10.2. The Morgan fingerprint density at radius 2 is 1.88 bits per heavy atom. The highest BCUT2D eigenvalue weighted by Gasteiger charge is 2.26. The molecule has 0 unspecified atom stereocenters. The van der Waals surface area contributed by atoms with Crippen molar-refractivity contribution >= 4 is 5.91 Å². The van der Waals surface area contributed by atoms with Crippen molar-refractivity contribution in [2.75, 3.05) is 46.4 Å². The van der Waals surface area contributed by atoms with Gasteiger partial charge in [0.1, 0.15) is 5.82 Å². The molecule has 3 rings (SSSR count). The Morgan fingerprint density at radius 1 is 1.20 bits per heavy atom. The molecule has 0 aliphatic carbocycles. The summed E-state index contributed by atoms with van der Waals surface area (Å²) in [5.41, 5.74) is 1.67. The van der Waals surface area contributed by atoms with E-state index >= 15 is 0 Å². The number of benzene rings is 1. The lowest BCUT2D eigenvalue weighted by Crippen LogP contribution is -2.49. The number of amides is 1. The van der Waals surface area contributed by atoms with Gasteiger partial charge < -0.3 is 9.64 Å². The van der Waals surface area contributed by atoms with Gasteiger partial charge in [-0.05, 0) is 31.2 Å². The number of ether oxygens (including phenoxy) is 1. The summed E-state index contributed by atoms with van der Waals surface area (Å²) in [6, 6.07) is 5.94. The number of hydrogen-bond acceptors (Lipinski definition) is 5. The molecular weight excluding hydrogens is 325 g/mol. The van der Waals surface area contributed by atoms with Crippen LogP contribution in [0.15, 0.2) is 24.3 Å². The molecule has 1 aromatic carbocycles. The molecule has 134 valence electrons. The van der Waals surface area contributed by atoms with Gasteiger partial charge in [0.15, 0.2) is 5.69 Å². The van der Waals surface area contributed by atoms with E-state index in [1.807, 2.05) is 0 Å². The van der Waals surface area contributed by atoms with Gasteiger partial charge in [-0.1, -0.05) is 5.21 Å². The summed E-state index contributed by atoms with van der Waals surface area (Å²) < 4.78 is 19.7. The highest BCUT2D eigenvalue weighted by Crippen LogP contribution is 2.15. The second kappa shape index (κ2) is 7.71. The van der Waals surface area contributed by atoms with E-state index < -0.39 is 0 Å². The van der Waals surface area contributed by atoms with Crippen molar-refractivity contribution in [3.05, 3.63) is 41.5 Å². The van der Waals surface area contributed by atoms with Gasteiger partial charge in [0.25, 0.3) is 5.91 Å². The minimum atomic E-state index is -0.316. The second-order valence-corrected chi connectivity index (χ2v) is 6.04. The van der Waals surface area contributed by atoms with Gasteiger partial charge in [-0.3, -0.25) is 9.69 Å². The van der Waals surface area contributed by atoms with Crippen molar-refractivity contribution in [3.63, 3.8) is 0 Å². The number of carbonyl (C=O) groups is 1. The molecule has 1 amide bonds. The molecule has 0 spiro atoms. The Kier molecular flexibility index (Phi) is 5.40. The molecule has 0 N–H and O–H groups in total. The van der Waals surface area contributed by atoms with E-state index in [4.69, 9.17) is 4.74 Å². The van der Waals surface area contributed by atoms with Crippen LogP contribution >= 0.6 is 0 Å². The van der Waals surface area contributed by atoms with Gasteiger partial charge in [-0.25, -0.2) is 9.07 Å². The highest BCUT2D eigenvalue weighted by molar-refractivity contribution is 5.93. The Balaban J connectivity index is 1.68. The van der Waals surface area contributed by atoms with Crippen LogP contribution < -0.4 is 0 Å². The molecule has 1 saturated heterocycles. The molecule has 0 atom stereocenters. The number of aromatic nitrogens is 3. The molecule has 0 saturated carbocycles. The van der Waals surface area contributed by atoms with E-state index in [9.17, 15) is 9.18 Å². The number of nitrogens with zero attached hydrogens (tertiary/aromatic N) is 5. The van der Waals surface area contributed by atoms with Crippen molar-refractivity contribution in [2.45, 2.75) is 6.92 Å². The zero-order valence-corrected chi connectivity index (χ0v) is 14.5. The number of hydrogen-bond donors (Lipinski definition) is 0. The van der Waals surface area contributed by atoms with Crippen molar-refractivity contribution in [1.29, 1.82) is 0 Å². The van der Waals surface area contributed by atoms with Crippen molar-refractivity contribution in [1.82, 2.24) is 24.8 Å². The first-order chi connectivity index (χ1) is 12.1. The van der Waals surface area contributed by atoms with Crippen molar-refractivity contribution in [3.8, 4) is 5.69 Å². The van der Waals surface area contributed by atoms with E-state index in [-0.39, 0.29) is 11.7 Å². The maximum atomic E-state index is 13.1. The molecule has 7 nitrogen and oxygen atoms in total. The number of methoxy groups -OCH3 is 1. The normalized spacial score (nSPS) is 15.6. The summed E-state index contributed by atoms with van der Waals surface area (Å²) in [7, 11) is 1.69. The van der Waals surface area contributed by atoms with E-state index in [1.165, 1.54) is 12.1 Å². The monoisotopic (exact) mass is 347 g/mol. The molecule has 8 heteroatoms. The summed E-state index contributed by atoms with van der Waals surface area (Å²) in [4.78, 5) is 16.8. The quantitative estimate of drug-likeness (QED) is 0.811. The fourth-order valence-electron chi connectivity index (χ4n) is 2.90. The zero-order chi connectivity index (χ0) is 17.8. The van der Waals surface area contributed by atoms with Gasteiger partial charge in [-0.2, -0.15) is 0 Å². The maximum absolute atomic E-state index is 13.1. The van der Waals surface area contributed by atoms with Gasteiger partial charge in [0, 0.05) is 39.8 Å². The third-order valence-electron chi connectivity index (χ3n) is 4.44. The molecule has 1 aliphatic heterocycles. The number of carbonyl (C=O) groups excluding carboxylic acids is 1. The maximum Gasteiger partial charge on any atom is 0.276 e. The molecule has 1 aromatic heterocycles. The summed E-state index contributed by atoms with van der Waals surface area (Å²) >= 11 is 0. The van der Waals surface area contributed by atoms with Crippen molar-refractivity contribution < 1.29 is 13.9 Å². The smallest absolute Gasteiger partial charge is 0.276 e. The van der Waals surface area contributed by atoms with E-state index in [1.54, 1.807) is 35.7 Å². The molecule has 0 bridgehead atoms. The average molecular weight is 347 g/mol. The van der Waals surface area contributed by atoms with Crippen LogP contribution in [0.5, 0.6) is 0 Å². The van der Waals surface area contributed by atoms with Crippen LogP contribution in [0.2, 0.25) is 0 Å². The summed E-state index contributed by atoms with van der Waals surface area (Å²) in [5.74, 6) is -0.429. The fraction of sp³-hybridized carbons (Fsp3) is 0.471. The Hall–Kier alpha value is -2.32. The van der Waals surface area contributed by atoms with Crippen molar-refractivity contribution in [2.24, 2.45) is 0 Å². The highest BCUT2D eigenvalue weighted by atomic mass is 19.1. The van der Waals surface area contributed by atoms with Crippen LogP contribution in [0.1, 0.15) is 16.2 Å². The average Bonchev–Trinajstić information content (AvgIpc) is 3.02. The first-order valence-corrected chi connectivity index (χ1v) is 8.29. The summed E-state index contributed by atoms with van der Waals surface area (Å²) in [5, 5.41) is 8.11. The Morgan fingerprint density at radius 3 is 2.52 bits per heavy atom. The predicted molar refractivity (Wildman–Crippen MR) is 90.3 cm³/mol. The molecule has 0 radical (unpaired) electrons. The third kappa shape index (κ3) is 3.85. The SMILES string of the molecule is COCCN1CCN(C(=O)c2nnn(-c3ccc(F)cc3)c2C)CC1. The van der Waals surface area contributed by atoms with Crippen LogP contribution in [0.4, 0.5) is 4.39 Å². The minimum Gasteiger partial charge on any atom is -0.383 e. The van der Waals surface area contributed by atoms with Crippen LogP contribution in [0, 0.1) is 12.7 Å². The zero-order valence-electron chi connectivity index (χ0n) is 14.5. The second-order valence-electron chi connectivity index (χ2n) is 6.04. The topological polar surface area (TPSA) is 63.5 Å². The van der Waals surface area contributed by atoms with Gasteiger partial charge in [0.2, 0.25) is 0 Å².